The highest BCUT2D eigenvalue weighted by atomic mass is 35.5. The fourth-order valence-corrected chi connectivity index (χ4v) is 6.73. The molecule has 7 nitrogen and oxygen atoms in total. The Morgan fingerprint density at radius 1 is 0.818 bits per heavy atom. The Hall–Kier alpha value is -4.14. The van der Waals surface area contributed by atoms with Crippen LogP contribution in [0.25, 0.3) is 0 Å². The third-order valence-electron chi connectivity index (χ3n) is 7.17. The number of halogens is 1. The van der Waals surface area contributed by atoms with E-state index in [1.54, 1.807) is 48.5 Å². The van der Waals surface area contributed by atoms with Gasteiger partial charge in [-0.05, 0) is 78.9 Å². The van der Waals surface area contributed by atoms with Crippen LogP contribution in [0.4, 0.5) is 5.69 Å². The molecule has 0 saturated heterocycles. The summed E-state index contributed by atoms with van der Waals surface area (Å²) in [5.74, 6) is -0.828. The van der Waals surface area contributed by atoms with Gasteiger partial charge >= 0.3 is 0 Å². The number of anilines is 1. The van der Waals surface area contributed by atoms with Crippen molar-refractivity contribution in [1.29, 1.82) is 0 Å². The number of rotatable bonds is 13. The normalized spacial score (nSPS) is 11.9. The van der Waals surface area contributed by atoms with E-state index in [1.807, 2.05) is 63.2 Å². The van der Waals surface area contributed by atoms with E-state index < -0.39 is 28.5 Å². The molecule has 0 radical (unpaired) electrons. The Morgan fingerprint density at radius 2 is 1.43 bits per heavy atom. The minimum Gasteiger partial charge on any atom is -0.354 e. The molecule has 0 unspecified atom stereocenters. The zero-order valence-corrected chi connectivity index (χ0v) is 26.8. The first-order valence-electron chi connectivity index (χ1n) is 14.6. The van der Waals surface area contributed by atoms with Gasteiger partial charge in [-0.25, -0.2) is 8.42 Å². The molecule has 0 fully saturated rings. The van der Waals surface area contributed by atoms with Crippen LogP contribution >= 0.6 is 11.6 Å². The van der Waals surface area contributed by atoms with Gasteiger partial charge in [0.25, 0.3) is 10.0 Å². The smallest absolute Gasteiger partial charge is 0.264 e. The number of benzene rings is 4. The van der Waals surface area contributed by atoms with Crippen LogP contribution in [0.5, 0.6) is 0 Å². The lowest BCUT2D eigenvalue weighted by Crippen LogP contribution is -2.53. The average molecular weight is 632 g/mol. The summed E-state index contributed by atoms with van der Waals surface area (Å²) in [4.78, 5) is 29.7. The van der Waals surface area contributed by atoms with Gasteiger partial charge in [0.05, 0.1) is 10.6 Å². The predicted molar refractivity (Wildman–Crippen MR) is 176 cm³/mol. The van der Waals surface area contributed by atoms with Crippen molar-refractivity contribution in [2.75, 3.05) is 17.4 Å². The van der Waals surface area contributed by atoms with Crippen molar-refractivity contribution < 1.29 is 18.0 Å². The van der Waals surface area contributed by atoms with Gasteiger partial charge in [-0.2, -0.15) is 0 Å². The van der Waals surface area contributed by atoms with Gasteiger partial charge in [0.15, 0.2) is 0 Å². The van der Waals surface area contributed by atoms with E-state index in [2.05, 4.69) is 5.32 Å². The lowest BCUT2D eigenvalue weighted by atomic mass is 10.0. The number of sulfonamides is 1. The zero-order chi connectivity index (χ0) is 31.7. The lowest BCUT2D eigenvalue weighted by molar-refractivity contribution is -0.140. The first-order chi connectivity index (χ1) is 21.1. The second-order valence-corrected chi connectivity index (χ2v) is 13.1. The van der Waals surface area contributed by atoms with Crippen molar-refractivity contribution in [3.8, 4) is 0 Å². The number of hydrogen-bond acceptors (Lipinski definition) is 4. The third-order valence-corrected chi connectivity index (χ3v) is 9.19. The number of nitrogens with zero attached hydrogens (tertiary/aromatic N) is 2. The first-order valence-corrected chi connectivity index (χ1v) is 16.4. The Labute approximate surface area is 265 Å². The second-order valence-electron chi connectivity index (χ2n) is 10.8. The van der Waals surface area contributed by atoms with Gasteiger partial charge in [-0.1, -0.05) is 85.3 Å². The number of carbonyl (C=O) groups excluding carboxylic acids is 2. The summed E-state index contributed by atoms with van der Waals surface area (Å²) in [6.45, 7) is 5.71. The first kappa shape index (κ1) is 32.8. The van der Waals surface area contributed by atoms with Crippen molar-refractivity contribution in [2.45, 2.75) is 51.1 Å². The SMILES string of the molecule is CCCNC(=O)[C@@H](Cc1ccccc1)N(Cc1cccc(Cl)c1)C(=O)CN(c1cc(C)cc(C)c1)S(=O)(=O)c1ccccc1. The summed E-state index contributed by atoms with van der Waals surface area (Å²) < 4.78 is 29.4. The van der Waals surface area contributed by atoms with Crippen molar-refractivity contribution in [2.24, 2.45) is 0 Å². The van der Waals surface area contributed by atoms with Crippen LogP contribution in [0.1, 0.15) is 35.6 Å². The Morgan fingerprint density at radius 3 is 2.05 bits per heavy atom. The standard InChI is InChI=1S/C35H38ClN3O4S/c1-4-18-37-35(41)33(23-28-12-7-5-8-13-28)38(24-29-14-11-15-30(36)22-29)34(40)25-39(31-20-26(2)19-27(3)21-31)44(42,43)32-16-9-6-10-17-32/h5-17,19-22,33H,4,18,23-25H2,1-3H3,(H,37,41)/t33-/m1/s1. The summed E-state index contributed by atoms with van der Waals surface area (Å²) in [5.41, 5.74) is 3.68. The molecule has 0 aromatic heterocycles. The van der Waals surface area contributed by atoms with Gasteiger partial charge in [0, 0.05) is 24.5 Å². The van der Waals surface area contributed by atoms with E-state index in [9.17, 15) is 18.0 Å². The fourth-order valence-electron chi connectivity index (χ4n) is 5.10. The Balaban J connectivity index is 1.81. The fraction of sp³-hybridized carbons (Fsp3) is 0.257. The van der Waals surface area contributed by atoms with Crippen LogP contribution in [-0.4, -0.2) is 44.3 Å². The van der Waals surface area contributed by atoms with E-state index in [0.717, 1.165) is 33.0 Å². The number of aryl methyl sites for hydroxylation is 2. The topological polar surface area (TPSA) is 86.8 Å². The van der Waals surface area contributed by atoms with Gasteiger partial charge in [-0.15, -0.1) is 0 Å². The third kappa shape index (κ3) is 8.49. The average Bonchev–Trinajstić information content (AvgIpc) is 3.00. The lowest BCUT2D eigenvalue weighted by Gasteiger charge is -2.34. The molecule has 4 rings (SSSR count). The van der Waals surface area contributed by atoms with Crippen LogP contribution in [0, 0.1) is 13.8 Å². The molecule has 1 N–H and O–H groups in total. The molecule has 0 aliphatic carbocycles. The summed E-state index contributed by atoms with van der Waals surface area (Å²) in [6, 6.07) is 29.1. The minimum absolute atomic E-state index is 0.0580. The van der Waals surface area contributed by atoms with E-state index in [0.29, 0.717) is 17.3 Å². The summed E-state index contributed by atoms with van der Waals surface area (Å²) in [6.07, 6.45) is 0.972. The van der Waals surface area contributed by atoms with Crippen LogP contribution in [0.3, 0.4) is 0 Å². The summed E-state index contributed by atoms with van der Waals surface area (Å²) in [7, 11) is -4.15. The van der Waals surface area contributed by atoms with Gasteiger partial charge in [0.1, 0.15) is 12.6 Å². The van der Waals surface area contributed by atoms with Crippen molar-refractivity contribution in [1.82, 2.24) is 10.2 Å². The summed E-state index contributed by atoms with van der Waals surface area (Å²) in [5, 5.41) is 3.44. The van der Waals surface area contributed by atoms with Crippen molar-refractivity contribution in [3.63, 3.8) is 0 Å². The molecule has 44 heavy (non-hydrogen) atoms. The van der Waals surface area contributed by atoms with Crippen molar-refractivity contribution >= 4 is 39.1 Å². The largest absolute Gasteiger partial charge is 0.354 e. The van der Waals surface area contributed by atoms with Crippen LogP contribution in [0.2, 0.25) is 5.02 Å². The number of carbonyl (C=O) groups is 2. The monoisotopic (exact) mass is 631 g/mol. The second kappa shape index (κ2) is 15.0. The van der Waals surface area contributed by atoms with Gasteiger partial charge < -0.3 is 10.2 Å². The van der Waals surface area contributed by atoms with E-state index >= 15 is 0 Å². The molecule has 0 saturated carbocycles. The molecule has 0 heterocycles. The van der Waals surface area contributed by atoms with Crippen LogP contribution in [-0.2, 0) is 32.6 Å². The molecule has 0 aliphatic heterocycles. The predicted octanol–water partition coefficient (Wildman–Crippen LogP) is 6.32. The maximum Gasteiger partial charge on any atom is 0.264 e. The van der Waals surface area contributed by atoms with Gasteiger partial charge in [0.2, 0.25) is 11.8 Å². The van der Waals surface area contributed by atoms with E-state index in [1.165, 1.54) is 17.0 Å². The summed E-state index contributed by atoms with van der Waals surface area (Å²) >= 11 is 6.30. The zero-order valence-electron chi connectivity index (χ0n) is 25.2. The molecule has 0 bridgehead atoms. The molecule has 4 aromatic carbocycles. The number of nitrogens with one attached hydrogen (secondary N) is 1. The highest BCUT2D eigenvalue weighted by Crippen LogP contribution is 2.27. The molecule has 1 atom stereocenters. The molecule has 0 aliphatic rings. The molecule has 230 valence electrons. The molecule has 4 aromatic rings. The van der Waals surface area contributed by atoms with Crippen LogP contribution in [0.15, 0.2) is 108 Å². The highest BCUT2D eigenvalue weighted by molar-refractivity contribution is 7.92. The van der Waals surface area contributed by atoms with E-state index in [-0.39, 0.29) is 23.8 Å². The molecule has 2 amide bonds. The molecule has 9 heteroatoms. The van der Waals surface area contributed by atoms with Crippen molar-refractivity contribution in [3.05, 3.63) is 130 Å². The molecule has 0 spiro atoms. The number of amides is 2. The Kier molecular flexibility index (Phi) is 11.2. The molecular weight excluding hydrogens is 594 g/mol. The highest BCUT2D eigenvalue weighted by Gasteiger charge is 2.34. The quantitative estimate of drug-likeness (QED) is 0.187. The van der Waals surface area contributed by atoms with Gasteiger partial charge in [-0.3, -0.25) is 13.9 Å². The number of hydrogen-bond donors (Lipinski definition) is 1. The Bertz CT molecular complexity index is 1660. The van der Waals surface area contributed by atoms with Crippen LogP contribution < -0.4 is 9.62 Å². The van der Waals surface area contributed by atoms with E-state index in [4.69, 9.17) is 11.6 Å². The minimum atomic E-state index is -4.15. The maximum atomic E-state index is 14.5. The molecular formula is C35H38ClN3O4S. The maximum absolute atomic E-state index is 14.5.